The molecule has 0 N–H and O–H groups in total. The zero-order valence-electron chi connectivity index (χ0n) is 20.6. The van der Waals surface area contributed by atoms with Crippen LogP contribution < -0.4 is 0 Å². The van der Waals surface area contributed by atoms with Crippen LogP contribution in [0.4, 0.5) is 0 Å². The summed E-state index contributed by atoms with van der Waals surface area (Å²) in [5.41, 5.74) is 9.08. The van der Waals surface area contributed by atoms with E-state index in [1.54, 1.807) is 11.1 Å². The molecule has 0 aromatic heterocycles. The first-order valence-corrected chi connectivity index (χ1v) is 12.6. The second-order valence-electron chi connectivity index (χ2n) is 10.1. The van der Waals surface area contributed by atoms with Crippen molar-refractivity contribution in [2.45, 2.75) is 70.6 Å². The lowest BCUT2D eigenvalue weighted by molar-refractivity contribution is 0.390. The van der Waals surface area contributed by atoms with E-state index in [1.807, 2.05) is 0 Å². The van der Waals surface area contributed by atoms with Crippen molar-refractivity contribution in [3.05, 3.63) is 58.7 Å². The second-order valence-corrected chi connectivity index (χ2v) is 10.1. The first-order valence-electron chi connectivity index (χ1n) is 12.6. The Balaban J connectivity index is 1.44. The zero-order valence-corrected chi connectivity index (χ0v) is 20.6. The van der Waals surface area contributed by atoms with Crippen molar-refractivity contribution in [1.29, 1.82) is 0 Å². The third-order valence-electron chi connectivity index (χ3n) is 6.65. The molecule has 0 saturated carbocycles. The maximum atomic E-state index is 2.49. The van der Waals surface area contributed by atoms with Crippen LogP contribution in [0, 0.1) is 0 Å². The minimum Gasteiger partial charge on any atom is -0.309 e. The third-order valence-corrected chi connectivity index (χ3v) is 6.65. The molecule has 0 unspecified atom stereocenters. The molecule has 0 heterocycles. The molecule has 0 atom stereocenters. The summed E-state index contributed by atoms with van der Waals surface area (Å²) in [5, 5.41) is 0. The standard InChI is InChI=1S/C29H44N2/c1-30(2)19-11-7-5-9-13-24-15-17-28-26(21-24)23-27-22-25(16-18-29(27)28)14-10-6-8-12-20-31(3)4/h15-18,21-22H,5-14,19-20,23H2,1-4H3. The molecule has 1 aliphatic rings. The average Bonchev–Trinajstić information content (AvgIpc) is 3.09. The lowest BCUT2D eigenvalue weighted by atomic mass is 9.99. The Kier molecular flexibility index (Phi) is 9.61. The first kappa shape index (κ1) is 24.0. The van der Waals surface area contributed by atoms with E-state index in [0.29, 0.717) is 0 Å². The van der Waals surface area contributed by atoms with E-state index in [-0.39, 0.29) is 0 Å². The molecule has 0 saturated heterocycles. The van der Waals surface area contributed by atoms with Crippen LogP contribution in [-0.4, -0.2) is 51.1 Å². The fraction of sp³-hybridized carbons (Fsp3) is 0.586. The molecule has 0 spiro atoms. The van der Waals surface area contributed by atoms with Gasteiger partial charge in [0.25, 0.3) is 0 Å². The molecule has 0 aliphatic heterocycles. The Morgan fingerprint density at radius 3 is 1.39 bits per heavy atom. The molecule has 0 fully saturated rings. The molecule has 3 rings (SSSR count). The van der Waals surface area contributed by atoms with Crippen molar-refractivity contribution >= 4 is 0 Å². The van der Waals surface area contributed by atoms with Crippen LogP contribution in [0.2, 0.25) is 0 Å². The quantitative estimate of drug-likeness (QED) is 0.272. The molecule has 2 heteroatoms. The maximum Gasteiger partial charge on any atom is -0.00133 e. The van der Waals surface area contributed by atoms with Crippen LogP contribution in [0.5, 0.6) is 0 Å². The van der Waals surface area contributed by atoms with Gasteiger partial charge in [0.05, 0.1) is 0 Å². The van der Waals surface area contributed by atoms with E-state index in [9.17, 15) is 0 Å². The van der Waals surface area contributed by atoms with Gasteiger partial charge in [0.15, 0.2) is 0 Å². The third kappa shape index (κ3) is 7.77. The number of fused-ring (bicyclic) bond motifs is 3. The first-order chi connectivity index (χ1) is 15.0. The fourth-order valence-electron chi connectivity index (χ4n) is 4.85. The minimum atomic E-state index is 1.12. The van der Waals surface area contributed by atoms with Crippen LogP contribution >= 0.6 is 0 Å². The van der Waals surface area contributed by atoms with Gasteiger partial charge in [-0.1, -0.05) is 62.1 Å². The van der Waals surface area contributed by atoms with Gasteiger partial charge < -0.3 is 9.80 Å². The zero-order chi connectivity index (χ0) is 22.1. The Hall–Kier alpha value is -1.64. The van der Waals surface area contributed by atoms with Gasteiger partial charge in [-0.25, -0.2) is 0 Å². The highest BCUT2D eigenvalue weighted by atomic mass is 15.0. The van der Waals surface area contributed by atoms with E-state index in [0.717, 1.165) is 6.42 Å². The fourth-order valence-corrected chi connectivity index (χ4v) is 4.85. The predicted octanol–water partition coefficient (Wildman–Crippen LogP) is 6.59. The summed E-state index contributed by atoms with van der Waals surface area (Å²) in [6, 6.07) is 14.5. The lowest BCUT2D eigenvalue weighted by Crippen LogP contribution is -2.12. The number of nitrogens with zero attached hydrogens (tertiary/aromatic N) is 2. The van der Waals surface area contributed by atoms with Crippen LogP contribution in [-0.2, 0) is 19.3 Å². The minimum absolute atomic E-state index is 1.12. The summed E-state index contributed by atoms with van der Waals surface area (Å²) in [4.78, 5) is 4.58. The van der Waals surface area contributed by atoms with Gasteiger partial charge in [0, 0.05) is 0 Å². The van der Waals surface area contributed by atoms with Crippen molar-refractivity contribution < 1.29 is 0 Å². The van der Waals surface area contributed by atoms with Gasteiger partial charge in [-0.15, -0.1) is 0 Å². The van der Waals surface area contributed by atoms with Crippen molar-refractivity contribution in [1.82, 2.24) is 9.80 Å². The molecule has 170 valence electrons. The molecule has 0 bridgehead atoms. The Morgan fingerprint density at radius 1 is 0.548 bits per heavy atom. The number of hydrogen-bond acceptors (Lipinski definition) is 2. The van der Waals surface area contributed by atoms with Crippen LogP contribution in [0.15, 0.2) is 36.4 Å². The monoisotopic (exact) mass is 420 g/mol. The smallest absolute Gasteiger partial charge is 0.00133 e. The summed E-state index contributed by atoms with van der Waals surface area (Å²) in [6.07, 6.45) is 14.3. The van der Waals surface area contributed by atoms with Crippen molar-refractivity contribution in [3.63, 3.8) is 0 Å². The summed E-state index contributed by atoms with van der Waals surface area (Å²) in [7, 11) is 8.66. The Bertz CT molecular complexity index is 739. The predicted molar refractivity (Wildman–Crippen MR) is 136 cm³/mol. The normalized spacial score (nSPS) is 12.6. The van der Waals surface area contributed by atoms with E-state index < -0.39 is 0 Å². The Labute approximate surface area is 191 Å². The van der Waals surface area contributed by atoms with E-state index >= 15 is 0 Å². The van der Waals surface area contributed by atoms with Crippen LogP contribution in [0.3, 0.4) is 0 Å². The highest BCUT2D eigenvalue weighted by molar-refractivity contribution is 5.77. The van der Waals surface area contributed by atoms with Crippen molar-refractivity contribution in [3.8, 4) is 11.1 Å². The summed E-state index contributed by atoms with van der Waals surface area (Å²) in [6.45, 7) is 2.44. The number of aryl methyl sites for hydroxylation is 2. The number of unbranched alkanes of at least 4 members (excludes halogenated alkanes) is 6. The van der Waals surface area contributed by atoms with Gasteiger partial charge in [-0.05, 0) is 120 Å². The van der Waals surface area contributed by atoms with E-state index in [1.165, 1.54) is 99.6 Å². The average molecular weight is 421 g/mol. The molecular weight excluding hydrogens is 376 g/mol. The number of benzene rings is 2. The van der Waals surface area contributed by atoms with E-state index in [4.69, 9.17) is 0 Å². The van der Waals surface area contributed by atoms with Crippen LogP contribution in [0.25, 0.3) is 11.1 Å². The van der Waals surface area contributed by atoms with E-state index in [2.05, 4.69) is 74.4 Å². The molecular formula is C29H44N2. The molecule has 0 radical (unpaired) electrons. The summed E-state index contributed by atoms with van der Waals surface area (Å²) >= 11 is 0. The molecule has 2 aromatic rings. The number of rotatable bonds is 14. The summed E-state index contributed by atoms with van der Waals surface area (Å²) < 4.78 is 0. The van der Waals surface area contributed by atoms with Crippen molar-refractivity contribution in [2.24, 2.45) is 0 Å². The highest BCUT2D eigenvalue weighted by Crippen LogP contribution is 2.37. The van der Waals surface area contributed by atoms with Gasteiger partial charge in [-0.3, -0.25) is 0 Å². The van der Waals surface area contributed by atoms with Crippen molar-refractivity contribution in [2.75, 3.05) is 41.3 Å². The highest BCUT2D eigenvalue weighted by Gasteiger charge is 2.18. The maximum absolute atomic E-state index is 2.49. The van der Waals surface area contributed by atoms with Crippen LogP contribution in [0.1, 0.15) is 73.6 Å². The van der Waals surface area contributed by atoms with Gasteiger partial charge in [0.1, 0.15) is 0 Å². The summed E-state index contributed by atoms with van der Waals surface area (Å²) in [5.74, 6) is 0. The Morgan fingerprint density at radius 2 is 0.968 bits per heavy atom. The SMILES string of the molecule is CN(C)CCCCCCc1ccc2c(c1)Cc1cc(CCCCCCN(C)C)ccc1-2. The van der Waals surface area contributed by atoms with Gasteiger partial charge >= 0.3 is 0 Å². The second kappa shape index (κ2) is 12.4. The molecule has 2 nitrogen and oxygen atoms in total. The number of hydrogen-bond donors (Lipinski definition) is 0. The van der Waals surface area contributed by atoms with Gasteiger partial charge in [0.2, 0.25) is 0 Å². The topological polar surface area (TPSA) is 6.48 Å². The lowest BCUT2D eigenvalue weighted by Gasteiger charge is -2.09. The van der Waals surface area contributed by atoms with Gasteiger partial charge in [-0.2, -0.15) is 0 Å². The molecule has 31 heavy (non-hydrogen) atoms. The molecule has 2 aromatic carbocycles. The molecule has 1 aliphatic carbocycles. The molecule has 0 amide bonds. The largest absolute Gasteiger partial charge is 0.309 e.